The van der Waals surface area contributed by atoms with Gasteiger partial charge in [-0.3, -0.25) is 4.98 Å². The molecule has 0 amide bonds. The summed E-state index contributed by atoms with van der Waals surface area (Å²) in [5.74, 6) is 1.28. The molecule has 1 aliphatic carbocycles. The van der Waals surface area contributed by atoms with Crippen LogP contribution < -0.4 is 0 Å². The third-order valence-electron chi connectivity index (χ3n) is 7.46. The number of pyridine rings is 1. The van der Waals surface area contributed by atoms with Crippen LogP contribution in [-0.2, 0) is 17.7 Å². The predicted molar refractivity (Wildman–Crippen MR) is 131 cm³/mol. The second-order valence-corrected chi connectivity index (χ2v) is 9.75. The van der Waals surface area contributed by atoms with Gasteiger partial charge in [-0.05, 0) is 55.9 Å². The van der Waals surface area contributed by atoms with E-state index in [1.54, 1.807) is 0 Å². The minimum Gasteiger partial charge on any atom is -0.462 e. The van der Waals surface area contributed by atoms with Gasteiger partial charge < -0.3 is 13.8 Å². The molecule has 1 aliphatic heterocycles. The van der Waals surface area contributed by atoms with Crippen LogP contribution in [0.4, 0.5) is 0 Å². The molecular formula is C28H29N3O3. The summed E-state index contributed by atoms with van der Waals surface area (Å²) in [6, 6.07) is 8.29. The molecule has 1 aromatic carbocycles. The highest BCUT2D eigenvalue weighted by atomic mass is 16.5. The second kappa shape index (κ2) is 8.42. The molecule has 4 aromatic rings. The molecule has 0 saturated heterocycles. The van der Waals surface area contributed by atoms with Gasteiger partial charge in [-0.1, -0.05) is 36.6 Å². The molecule has 3 aromatic heterocycles. The van der Waals surface area contributed by atoms with Gasteiger partial charge in [0.2, 0.25) is 0 Å². The van der Waals surface area contributed by atoms with Gasteiger partial charge in [-0.2, -0.15) is 0 Å². The fraction of sp³-hybridized carbons (Fsp3) is 0.393. The van der Waals surface area contributed by atoms with Gasteiger partial charge in [0.05, 0.1) is 28.9 Å². The lowest BCUT2D eigenvalue weighted by Gasteiger charge is -2.22. The predicted octanol–water partition coefficient (Wildman–Crippen LogP) is 6.27. The van der Waals surface area contributed by atoms with Crippen molar-refractivity contribution in [2.24, 2.45) is 5.92 Å². The number of benzene rings is 1. The van der Waals surface area contributed by atoms with E-state index in [9.17, 15) is 4.79 Å². The van der Waals surface area contributed by atoms with E-state index in [0.717, 1.165) is 63.3 Å². The van der Waals surface area contributed by atoms with Gasteiger partial charge in [0.15, 0.2) is 0 Å². The Hall–Kier alpha value is -3.41. The number of aromatic nitrogens is 3. The minimum atomic E-state index is -0.227. The molecule has 0 N–H and O–H groups in total. The van der Waals surface area contributed by atoms with Gasteiger partial charge in [-0.25, -0.2) is 4.79 Å². The van der Waals surface area contributed by atoms with Crippen molar-refractivity contribution < 1.29 is 14.1 Å². The van der Waals surface area contributed by atoms with Crippen molar-refractivity contribution in [3.8, 4) is 22.3 Å². The van der Waals surface area contributed by atoms with E-state index in [1.807, 2.05) is 32.2 Å². The largest absolute Gasteiger partial charge is 0.462 e. The number of carbonyl (C=O) groups excluding carboxylic acids is 1. The SMILES string of the molecule is Cc1noc(C)c1-c1cnc2c(-c3ccc4c(c3)CCOC4=O)cn(CC3CCCCC3)c2c1. The summed E-state index contributed by atoms with van der Waals surface area (Å²) < 4.78 is 13.0. The van der Waals surface area contributed by atoms with Crippen LogP contribution >= 0.6 is 0 Å². The molecule has 6 rings (SSSR count). The van der Waals surface area contributed by atoms with Crippen LogP contribution in [0.3, 0.4) is 0 Å². The maximum absolute atomic E-state index is 12.1. The summed E-state index contributed by atoms with van der Waals surface area (Å²) in [6.07, 6.45) is 11.5. The molecule has 6 heteroatoms. The third kappa shape index (κ3) is 3.61. The molecule has 0 radical (unpaired) electrons. The topological polar surface area (TPSA) is 70.2 Å². The van der Waals surface area contributed by atoms with Crippen molar-refractivity contribution in [3.63, 3.8) is 0 Å². The van der Waals surface area contributed by atoms with Gasteiger partial charge >= 0.3 is 5.97 Å². The van der Waals surface area contributed by atoms with Crippen molar-refractivity contribution in [2.45, 2.75) is 58.9 Å². The monoisotopic (exact) mass is 455 g/mol. The Balaban J connectivity index is 1.49. The quantitative estimate of drug-likeness (QED) is 0.339. The highest BCUT2D eigenvalue weighted by Crippen LogP contribution is 2.36. The molecule has 6 nitrogen and oxygen atoms in total. The number of cyclic esters (lactones) is 1. The number of hydrogen-bond donors (Lipinski definition) is 0. The van der Waals surface area contributed by atoms with Gasteiger partial charge in [0.1, 0.15) is 5.76 Å². The van der Waals surface area contributed by atoms with E-state index in [-0.39, 0.29) is 5.97 Å². The van der Waals surface area contributed by atoms with Crippen molar-refractivity contribution in [1.82, 2.24) is 14.7 Å². The van der Waals surface area contributed by atoms with E-state index in [4.69, 9.17) is 14.2 Å². The molecule has 1 saturated carbocycles. The molecule has 0 atom stereocenters. The Bertz CT molecular complexity index is 1370. The number of nitrogens with zero attached hydrogens (tertiary/aromatic N) is 3. The molecule has 0 spiro atoms. The number of carbonyl (C=O) groups is 1. The van der Waals surface area contributed by atoms with Crippen LogP contribution in [0.2, 0.25) is 0 Å². The summed E-state index contributed by atoms with van der Waals surface area (Å²) in [5, 5.41) is 4.14. The summed E-state index contributed by atoms with van der Waals surface area (Å²) in [4.78, 5) is 17.1. The van der Waals surface area contributed by atoms with Gasteiger partial charge in [-0.15, -0.1) is 0 Å². The van der Waals surface area contributed by atoms with Gasteiger partial charge in [0.25, 0.3) is 0 Å². The van der Waals surface area contributed by atoms with E-state index in [0.29, 0.717) is 18.1 Å². The standard InChI is InChI=1S/C28H29N3O3/c1-17-26(18(2)34-30-17)22-13-25-27(29-14-22)24(16-31(25)15-19-6-4-3-5-7-19)20-8-9-23-21(12-20)10-11-33-28(23)32/h8-9,12-14,16,19H,3-7,10-11,15H2,1-2H3. The molecule has 0 unspecified atom stereocenters. The molecular weight excluding hydrogens is 426 g/mol. The highest BCUT2D eigenvalue weighted by Gasteiger charge is 2.22. The van der Waals surface area contributed by atoms with E-state index in [2.05, 4.69) is 28.1 Å². The first-order chi connectivity index (χ1) is 16.6. The lowest BCUT2D eigenvalue weighted by atomic mass is 9.89. The van der Waals surface area contributed by atoms with Crippen LogP contribution in [0.1, 0.15) is 59.5 Å². The first-order valence-corrected chi connectivity index (χ1v) is 12.3. The van der Waals surface area contributed by atoms with E-state index >= 15 is 0 Å². The first-order valence-electron chi connectivity index (χ1n) is 12.3. The zero-order valence-corrected chi connectivity index (χ0v) is 19.8. The summed E-state index contributed by atoms with van der Waals surface area (Å²) >= 11 is 0. The number of fused-ring (bicyclic) bond motifs is 2. The van der Waals surface area contributed by atoms with E-state index in [1.165, 1.54) is 32.1 Å². The molecule has 34 heavy (non-hydrogen) atoms. The average molecular weight is 456 g/mol. The number of esters is 1. The number of ether oxygens (including phenoxy) is 1. The second-order valence-electron chi connectivity index (χ2n) is 9.75. The van der Waals surface area contributed by atoms with Crippen molar-refractivity contribution in [2.75, 3.05) is 6.61 Å². The number of aryl methyl sites for hydroxylation is 2. The number of hydrogen-bond acceptors (Lipinski definition) is 5. The minimum absolute atomic E-state index is 0.227. The lowest BCUT2D eigenvalue weighted by Crippen LogP contribution is -2.17. The highest BCUT2D eigenvalue weighted by molar-refractivity contribution is 5.97. The summed E-state index contributed by atoms with van der Waals surface area (Å²) in [6.45, 7) is 5.36. The maximum Gasteiger partial charge on any atom is 0.338 e. The van der Waals surface area contributed by atoms with Crippen LogP contribution in [0.5, 0.6) is 0 Å². The van der Waals surface area contributed by atoms with Crippen molar-refractivity contribution in [1.29, 1.82) is 0 Å². The number of rotatable bonds is 4. The fourth-order valence-electron chi connectivity index (χ4n) is 5.71. The molecule has 1 fully saturated rings. The Morgan fingerprint density at radius 3 is 2.71 bits per heavy atom. The molecule has 2 aliphatic rings. The third-order valence-corrected chi connectivity index (χ3v) is 7.46. The van der Waals surface area contributed by atoms with Gasteiger partial charge in [0, 0.05) is 42.0 Å². The van der Waals surface area contributed by atoms with Crippen molar-refractivity contribution in [3.05, 3.63) is 59.2 Å². The van der Waals surface area contributed by atoms with Crippen LogP contribution in [0, 0.1) is 19.8 Å². The van der Waals surface area contributed by atoms with Crippen molar-refractivity contribution >= 4 is 17.0 Å². The fourth-order valence-corrected chi connectivity index (χ4v) is 5.71. The summed E-state index contributed by atoms with van der Waals surface area (Å²) in [7, 11) is 0. The first kappa shape index (κ1) is 21.1. The van der Waals surface area contributed by atoms with Crippen LogP contribution in [0.25, 0.3) is 33.3 Å². The average Bonchev–Trinajstić information content (AvgIpc) is 3.38. The Morgan fingerprint density at radius 2 is 1.91 bits per heavy atom. The zero-order valence-electron chi connectivity index (χ0n) is 19.8. The lowest BCUT2D eigenvalue weighted by molar-refractivity contribution is 0.0480. The molecule has 4 heterocycles. The molecule has 174 valence electrons. The van der Waals surface area contributed by atoms with Crippen LogP contribution in [-0.4, -0.2) is 27.3 Å². The Labute approximate surface area is 198 Å². The Morgan fingerprint density at radius 1 is 1.06 bits per heavy atom. The normalized spacial score (nSPS) is 16.6. The smallest absolute Gasteiger partial charge is 0.338 e. The molecule has 0 bridgehead atoms. The summed E-state index contributed by atoms with van der Waals surface area (Å²) in [5.41, 5.74) is 8.99. The Kier molecular flexibility index (Phi) is 5.24. The van der Waals surface area contributed by atoms with E-state index < -0.39 is 0 Å². The van der Waals surface area contributed by atoms with Crippen LogP contribution in [0.15, 0.2) is 41.2 Å². The maximum atomic E-state index is 12.1. The zero-order chi connectivity index (χ0) is 23.2.